The van der Waals surface area contributed by atoms with E-state index in [0.717, 1.165) is 5.56 Å². The number of nitrogen functional groups attached to an aromatic ring is 1. The average Bonchev–Trinajstić information content (AvgIpc) is 3.76. The predicted octanol–water partition coefficient (Wildman–Crippen LogP) is 4.34. The molecule has 0 bridgehead atoms. The van der Waals surface area contributed by atoms with Gasteiger partial charge in [-0.15, -0.1) is 49.6 Å². The van der Waals surface area contributed by atoms with Gasteiger partial charge in [0.15, 0.2) is 6.10 Å². The lowest BCUT2D eigenvalue weighted by atomic mass is 9.97. The molecule has 2 heterocycles. The highest BCUT2D eigenvalue weighted by atomic mass is 35.5. The summed E-state index contributed by atoms with van der Waals surface area (Å²) in [6.07, 6.45) is 1.94. The fourth-order valence-electron chi connectivity index (χ4n) is 5.72. The van der Waals surface area contributed by atoms with E-state index >= 15 is 0 Å². The molecule has 5 atom stereocenters. The van der Waals surface area contributed by atoms with Crippen molar-refractivity contribution in [2.45, 2.75) is 80.6 Å². The molecule has 0 aliphatic carbocycles. The molecule has 0 aliphatic heterocycles. The van der Waals surface area contributed by atoms with Crippen molar-refractivity contribution in [3.05, 3.63) is 76.6 Å². The molecule has 4 rings (SSSR count). The molecule has 0 spiro atoms. The maximum Gasteiger partial charge on any atom is 0.328 e. The van der Waals surface area contributed by atoms with Crippen LogP contribution in [0.4, 0.5) is 5.82 Å². The van der Waals surface area contributed by atoms with Gasteiger partial charge in [-0.3, -0.25) is 9.59 Å². The van der Waals surface area contributed by atoms with E-state index in [1.165, 1.54) is 31.9 Å². The molecule has 25 heteroatoms. The van der Waals surface area contributed by atoms with Crippen LogP contribution in [0, 0.1) is 22.7 Å². The highest BCUT2D eigenvalue weighted by Crippen LogP contribution is 2.37. The van der Waals surface area contributed by atoms with Crippen LogP contribution in [0.2, 0.25) is 5.02 Å². The number of aromatic nitrogens is 2. The Hall–Kier alpha value is -5.10. The summed E-state index contributed by atoms with van der Waals surface area (Å²) in [4.78, 5) is 59.9. The smallest absolute Gasteiger partial charge is 0.328 e. The van der Waals surface area contributed by atoms with Crippen LogP contribution in [0.5, 0.6) is 5.75 Å². The lowest BCUT2D eigenvalue weighted by Gasteiger charge is -2.23. The SMILES string of the molecule is C[C@H](NC(=O)[C@@H](N)CCCN)C(=O)OC[C@H](COc1ccc(-c2c(C#N)c(N)nc(SCc3coc(-c4ccc(Cl)cc4)n3)c2C#N)cc1)OC(=O)[C@H](C)NC(=O)[C@@H](N)CCCN.Cl.Cl.Cl.Cl. The van der Waals surface area contributed by atoms with Crippen LogP contribution in [0.1, 0.15) is 56.4 Å². The zero-order valence-electron chi connectivity index (χ0n) is 36.3. The second kappa shape index (κ2) is 31.0. The van der Waals surface area contributed by atoms with E-state index in [0.29, 0.717) is 60.9 Å². The van der Waals surface area contributed by atoms with Crippen molar-refractivity contribution in [3.63, 3.8) is 0 Å². The summed E-state index contributed by atoms with van der Waals surface area (Å²) >= 11 is 7.19. The molecule has 0 radical (unpaired) electrons. The standard InChI is InChI=1S/C42H50ClN11O8S.4ClH/c1-23(51-37(55)33(48)5-3-15-44)41(57)61-21-30(62-42(58)24(2)52-38(56)34(49)6-4-16-45)20-59-29-13-9-25(10-14-29)35-31(17-46)36(50)54-40(32(35)18-47)63-22-28-19-60-39(53-28)26-7-11-27(43)12-8-26;;;;/h7-14,19,23-24,30,33-34H,3-6,15-16,20-22,44-45,48-49H2,1-2H3,(H2,50,54)(H,51,55)(H,52,56);4*1H/t23-,24-,30-,33-,34-;;;;/m0..../s1. The molecular weight excluding hydrogens is 996 g/mol. The normalized spacial score (nSPS) is 12.5. The number of hydrogen-bond acceptors (Lipinski definition) is 18. The number of hydrogen-bond donors (Lipinski definition) is 7. The van der Waals surface area contributed by atoms with Gasteiger partial charge >= 0.3 is 11.9 Å². The third kappa shape index (κ3) is 18.5. The number of nitrogens with one attached hydrogen (secondary N) is 2. The number of halogens is 5. The summed E-state index contributed by atoms with van der Waals surface area (Å²) in [6, 6.07) is 13.5. The number of carbonyl (C=O) groups excluding carboxylic acids is 4. The molecule has 0 aliphatic rings. The van der Waals surface area contributed by atoms with E-state index in [1.54, 1.807) is 48.5 Å². The van der Waals surface area contributed by atoms with Crippen LogP contribution < -0.4 is 44.0 Å². The van der Waals surface area contributed by atoms with E-state index < -0.39 is 60.6 Å². The quantitative estimate of drug-likeness (QED) is 0.0401. The molecule has 19 nitrogen and oxygen atoms in total. The van der Waals surface area contributed by atoms with Gasteiger partial charge in [0.1, 0.15) is 65.9 Å². The zero-order chi connectivity index (χ0) is 46.1. The Bertz CT molecular complexity index is 2300. The topological polar surface area (TPSA) is 337 Å². The minimum absolute atomic E-state index is 0. The number of anilines is 1. The third-order valence-electron chi connectivity index (χ3n) is 9.23. The summed E-state index contributed by atoms with van der Waals surface area (Å²) in [6.45, 7) is 2.66. The number of nitrogens with two attached hydrogens (primary N) is 5. The van der Waals surface area contributed by atoms with Crippen LogP contribution in [0.15, 0.2) is 64.2 Å². The summed E-state index contributed by atoms with van der Waals surface area (Å²) in [7, 11) is 0. The number of amides is 2. The second-order valence-corrected chi connectivity index (χ2v) is 15.6. The van der Waals surface area contributed by atoms with Crippen LogP contribution in [-0.4, -0.2) is 90.3 Å². The molecule has 0 saturated heterocycles. The van der Waals surface area contributed by atoms with Gasteiger partial charge in [0.2, 0.25) is 17.7 Å². The van der Waals surface area contributed by atoms with E-state index in [4.69, 9.17) is 58.9 Å². The highest BCUT2D eigenvalue weighted by Gasteiger charge is 2.28. The summed E-state index contributed by atoms with van der Waals surface area (Å²) in [5.74, 6) is -2.03. The molecule has 2 amide bonds. The lowest BCUT2D eigenvalue weighted by Crippen LogP contribution is -2.49. The lowest BCUT2D eigenvalue weighted by molar-refractivity contribution is -0.163. The molecule has 2 aromatic heterocycles. The Morgan fingerprint density at radius 3 is 1.87 bits per heavy atom. The molecule has 0 unspecified atom stereocenters. The second-order valence-electron chi connectivity index (χ2n) is 14.2. The van der Waals surface area contributed by atoms with Crippen molar-refractivity contribution in [2.75, 3.05) is 32.0 Å². The minimum Gasteiger partial charge on any atom is -0.490 e. The first-order chi connectivity index (χ1) is 30.2. The Morgan fingerprint density at radius 2 is 1.33 bits per heavy atom. The van der Waals surface area contributed by atoms with Gasteiger partial charge in [-0.25, -0.2) is 19.6 Å². The number of benzene rings is 2. The van der Waals surface area contributed by atoms with Crippen molar-refractivity contribution in [1.29, 1.82) is 10.5 Å². The maximum atomic E-state index is 13.1. The molecule has 0 saturated carbocycles. The number of ether oxygens (including phenoxy) is 3. The number of carbonyl (C=O) groups is 4. The summed E-state index contributed by atoms with van der Waals surface area (Å²) in [5, 5.41) is 26.2. The van der Waals surface area contributed by atoms with Gasteiger partial charge in [0.05, 0.1) is 23.3 Å². The van der Waals surface area contributed by atoms with Gasteiger partial charge in [-0.1, -0.05) is 35.5 Å². The molecule has 4 aromatic rings. The van der Waals surface area contributed by atoms with Crippen LogP contribution in [0.25, 0.3) is 22.6 Å². The number of thioether (sulfide) groups is 1. The molecule has 0 fully saturated rings. The molecule has 12 N–H and O–H groups in total. The third-order valence-corrected chi connectivity index (χ3v) is 10.5. The molecule has 366 valence electrons. The first-order valence-electron chi connectivity index (χ1n) is 19.8. The monoisotopic (exact) mass is 1050 g/mol. The predicted molar refractivity (Wildman–Crippen MR) is 263 cm³/mol. The first kappa shape index (κ1) is 61.9. The number of pyridine rings is 1. The zero-order valence-corrected chi connectivity index (χ0v) is 41.1. The van der Waals surface area contributed by atoms with Crippen molar-refractivity contribution in [2.24, 2.45) is 22.9 Å². The highest BCUT2D eigenvalue weighted by molar-refractivity contribution is 7.98. The van der Waals surface area contributed by atoms with Gasteiger partial charge in [0, 0.05) is 21.9 Å². The fourth-order valence-corrected chi connectivity index (χ4v) is 6.72. The molecule has 67 heavy (non-hydrogen) atoms. The van der Waals surface area contributed by atoms with Gasteiger partial charge in [-0.2, -0.15) is 10.5 Å². The Kier molecular flexibility index (Phi) is 28.7. The summed E-state index contributed by atoms with van der Waals surface area (Å²) < 4.78 is 22.6. The van der Waals surface area contributed by atoms with Gasteiger partial charge in [-0.05, 0) is 94.6 Å². The van der Waals surface area contributed by atoms with Crippen molar-refractivity contribution in [1.82, 2.24) is 20.6 Å². The number of nitrogens with zero attached hydrogens (tertiary/aromatic N) is 4. The van der Waals surface area contributed by atoms with E-state index in [-0.39, 0.29) is 95.3 Å². The first-order valence-corrected chi connectivity index (χ1v) is 21.1. The number of oxazole rings is 1. The van der Waals surface area contributed by atoms with Crippen molar-refractivity contribution >= 4 is 103 Å². The Balaban J connectivity index is 0.0000109. The molecular formula is C42H54Cl5N11O8S. The van der Waals surface area contributed by atoms with Crippen LogP contribution >= 0.6 is 73.0 Å². The Labute approximate surface area is 421 Å². The van der Waals surface area contributed by atoms with E-state index in [9.17, 15) is 29.7 Å². The van der Waals surface area contributed by atoms with Gasteiger partial charge < -0.3 is 57.9 Å². The Morgan fingerprint density at radius 1 is 0.791 bits per heavy atom. The van der Waals surface area contributed by atoms with Crippen LogP contribution in [0.3, 0.4) is 0 Å². The number of esters is 2. The molecule has 2 aromatic carbocycles. The number of rotatable bonds is 23. The van der Waals surface area contributed by atoms with Crippen LogP contribution in [-0.2, 0) is 34.4 Å². The fraction of sp³-hybridized carbons (Fsp3) is 0.381. The number of nitriles is 2. The van der Waals surface area contributed by atoms with Crippen molar-refractivity contribution in [3.8, 4) is 40.5 Å². The largest absolute Gasteiger partial charge is 0.490 e. The minimum atomic E-state index is -1.21. The average molecular weight is 1050 g/mol. The maximum absolute atomic E-state index is 13.1. The van der Waals surface area contributed by atoms with Gasteiger partial charge in [0.25, 0.3) is 0 Å². The van der Waals surface area contributed by atoms with E-state index in [1.807, 2.05) is 6.07 Å². The van der Waals surface area contributed by atoms with Crippen molar-refractivity contribution < 1.29 is 37.8 Å². The van der Waals surface area contributed by atoms with E-state index in [2.05, 4.69) is 26.7 Å². The summed E-state index contributed by atoms with van der Waals surface area (Å²) in [5.41, 5.74) is 31.1.